The van der Waals surface area contributed by atoms with Gasteiger partial charge in [-0.1, -0.05) is 11.6 Å². The van der Waals surface area contributed by atoms with E-state index in [1.807, 2.05) is 24.3 Å². The number of rotatable bonds is 3. The van der Waals surface area contributed by atoms with Gasteiger partial charge >= 0.3 is 0 Å². The molecule has 86 valence electrons. The van der Waals surface area contributed by atoms with Crippen molar-refractivity contribution in [1.29, 1.82) is 0 Å². The molecule has 0 amide bonds. The van der Waals surface area contributed by atoms with Gasteiger partial charge in [0.1, 0.15) is 12.1 Å². The van der Waals surface area contributed by atoms with E-state index in [1.54, 1.807) is 6.20 Å². The van der Waals surface area contributed by atoms with Crippen LogP contribution in [0.2, 0.25) is 5.02 Å². The Hall–Kier alpha value is -1.61. The van der Waals surface area contributed by atoms with Crippen LogP contribution in [0, 0.1) is 0 Å². The Bertz CT molecular complexity index is 523. The zero-order valence-electron chi connectivity index (χ0n) is 9.14. The highest BCUT2D eigenvalue weighted by Gasteiger charge is 2.23. The molecule has 1 aromatic carbocycles. The molecule has 4 heteroatoms. The molecule has 0 radical (unpaired) electrons. The maximum absolute atomic E-state index is 6.04. The van der Waals surface area contributed by atoms with Crippen molar-refractivity contribution in [3.05, 3.63) is 41.8 Å². The van der Waals surface area contributed by atoms with E-state index in [4.69, 9.17) is 16.3 Å². The number of ether oxygens (including phenoxy) is 1. The van der Waals surface area contributed by atoms with Crippen molar-refractivity contribution >= 4 is 11.6 Å². The van der Waals surface area contributed by atoms with Gasteiger partial charge in [0.25, 0.3) is 0 Å². The van der Waals surface area contributed by atoms with Gasteiger partial charge in [-0.25, -0.2) is 9.97 Å². The molecule has 1 aromatic heterocycles. The first-order valence-electron chi connectivity index (χ1n) is 5.55. The Morgan fingerprint density at radius 1 is 1.18 bits per heavy atom. The van der Waals surface area contributed by atoms with Crippen LogP contribution in [-0.4, -0.2) is 16.1 Å². The van der Waals surface area contributed by atoms with E-state index in [0.717, 1.165) is 17.0 Å². The lowest BCUT2D eigenvalue weighted by Crippen LogP contribution is -1.95. The summed E-state index contributed by atoms with van der Waals surface area (Å²) < 4.78 is 5.68. The van der Waals surface area contributed by atoms with Gasteiger partial charge in [-0.15, -0.1) is 0 Å². The molecule has 1 saturated carbocycles. The third-order valence-electron chi connectivity index (χ3n) is 2.62. The molecule has 0 N–H and O–H groups in total. The predicted molar refractivity (Wildman–Crippen MR) is 66.1 cm³/mol. The van der Waals surface area contributed by atoms with Gasteiger partial charge in [0.05, 0.1) is 16.8 Å². The van der Waals surface area contributed by atoms with Gasteiger partial charge in [-0.2, -0.15) is 0 Å². The molecule has 0 atom stereocenters. The van der Waals surface area contributed by atoms with Gasteiger partial charge in [0.2, 0.25) is 0 Å². The lowest BCUT2D eigenvalue weighted by molar-refractivity contribution is 0.303. The van der Waals surface area contributed by atoms with E-state index in [2.05, 4.69) is 9.97 Å². The van der Waals surface area contributed by atoms with Crippen molar-refractivity contribution in [2.24, 2.45) is 0 Å². The monoisotopic (exact) mass is 246 g/mol. The summed E-state index contributed by atoms with van der Waals surface area (Å²) in [6.45, 7) is 0. The summed E-state index contributed by atoms with van der Waals surface area (Å²) in [5.41, 5.74) is 1.72. The summed E-state index contributed by atoms with van der Waals surface area (Å²) in [6.07, 6.45) is 5.84. The molecule has 1 fully saturated rings. The molecule has 1 aliphatic carbocycles. The van der Waals surface area contributed by atoms with Crippen LogP contribution in [0.25, 0.3) is 11.3 Å². The lowest BCUT2D eigenvalue weighted by atomic mass is 10.1. The van der Waals surface area contributed by atoms with Crippen LogP contribution >= 0.6 is 11.6 Å². The first-order valence-corrected chi connectivity index (χ1v) is 5.93. The lowest BCUT2D eigenvalue weighted by Gasteiger charge is -2.06. The van der Waals surface area contributed by atoms with Gasteiger partial charge in [-0.3, -0.25) is 0 Å². The predicted octanol–water partition coefficient (Wildman–Crippen LogP) is 3.34. The molecule has 3 rings (SSSR count). The Balaban J connectivity index is 1.86. The van der Waals surface area contributed by atoms with E-state index in [9.17, 15) is 0 Å². The number of benzene rings is 1. The third-order valence-corrected chi connectivity index (χ3v) is 2.90. The average Bonchev–Trinajstić information content (AvgIpc) is 3.15. The Morgan fingerprint density at radius 3 is 2.59 bits per heavy atom. The van der Waals surface area contributed by atoms with Crippen molar-refractivity contribution in [3.8, 4) is 17.0 Å². The maximum Gasteiger partial charge on any atom is 0.119 e. The molecular formula is C13H11ClN2O. The average molecular weight is 247 g/mol. The second-order valence-corrected chi connectivity index (χ2v) is 4.47. The van der Waals surface area contributed by atoms with E-state index < -0.39 is 0 Å². The highest BCUT2D eigenvalue weighted by Crippen LogP contribution is 2.29. The summed E-state index contributed by atoms with van der Waals surface area (Å²) in [5.74, 6) is 0.904. The van der Waals surface area contributed by atoms with Crippen molar-refractivity contribution in [3.63, 3.8) is 0 Å². The summed E-state index contributed by atoms with van der Waals surface area (Å²) in [6, 6.07) is 7.83. The van der Waals surface area contributed by atoms with E-state index in [1.165, 1.54) is 19.2 Å². The van der Waals surface area contributed by atoms with Crippen molar-refractivity contribution < 1.29 is 4.74 Å². The van der Waals surface area contributed by atoms with Gasteiger partial charge in [0, 0.05) is 11.8 Å². The minimum absolute atomic E-state index is 0.420. The van der Waals surface area contributed by atoms with E-state index in [-0.39, 0.29) is 0 Å². The maximum atomic E-state index is 6.04. The number of hydrogen-bond acceptors (Lipinski definition) is 3. The van der Waals surface area contributed by atoms with Gasteiger partial charge < -0.3 is 4.74 Å². The fraction of sp³-hybridized carbons (Fsp3) is 0.231. The second kappa shape index (κ2) is 4.34. The minimum atomic E-state index is 0.420. The molecule has 0 spiro atoms. The zero-order valence-corrected chi connectivity index (χ0v) is 9.89. The van der Waals surface area contributed by atoms with Crippen LogP contribution in [0.15, 0.2) is 36.8 Å². The topological polar surface area (TPSA) is 35.0 Å². The molecular weight excluding hydrogens is 236 g/mol. The Morgan fingerprint density at radius 2 is 1.94 bits per heavy atom. The van der Waals surface area contributed by atoms with Crippen LogP contribution in [0.5, 0.6) is 5.75 Å². The highest BCUT2D eigenvalue weighted by atomic mass is 35.5. The van der Waals surface area contributed by atoms with E-state index in [0.29, 0.717) is 11.1 Å². The fourth-order valence-electron chi connectivity index (χ4n) is 1.59. The molecule has 1 aliphatic rings. The van der Waals surface area contributed by atoms with Crippen molar-refractivity contribution in [2.75, 3.05) is 0 Å². The second-order valence-electron chi connectivity index (χ2n) is 4.06. The molecule has 0 bridgehead atoms. The number of hydrogen-bond donors (Lipinski definition) is 0. The highest BCUT2D eigenvalue weighted by molar-refractivity contribution is 6.32. The summed E-state index contributed by atoms with van der Waals surface area (Å²) >= 11 is 6.04. The Kier molecular flexibility index (Phi) is 2.69. The third kappa shape index (κ3) is 2.39. The molecule has 0 aliphatic heterocycles. The van der Waals surface area contributed by atoms with Crippen LogP contribution in [0.3, 0.4) is 0 Å². The normalized spacial score (nSPS) is 14.6. The van der Waals surface area contributed by atoms with Crippen molar-refractivity contribution in [2.45, 2.75) is 18.9 Å². The van der Waals surface area contributed by atoms with Crippen LogP contribution < -0.4 is 4.74 Å². The standard InChI is InChI=1S/C13H11ClN2O/c14-12-7-15-8-16-13(12)9-1-3-10(4-2-9)17-11-5-6-11/h1-4,7-8,11H,5-6H2. The molecule has 17 heavy (non-hydrogen) atoms. The summed E-state index contributed by atoms with van der Waals surface area (Å²) in [4.78, 5) is 8.04. The van der Waals surface area contributed by atoms with Crippen LogP contribution in [0.4, 0.5) is 0 Å². The summed E-state index contributed by atoms with van der Waals surface area (Å²) in [7, 11) is 0. The van der Waals surface area contributed by atoms with Crippen molar-refractivity contribution in [1.82, 2.24) is 9.97 Å². The van der Waals surface area contributed by atoms with Crippen LogP contribution in [0.1, 0.15) is 12.8 Å². The number of nitrogens with zero attached hydrogens (tertiary/aromatic N) is 2. The van der Waals surface area contributed by atoms with Crippen LogP contribution in [-0.2, 0) is 0 Å². The number of halogens is 1. The molecule has 0 saturated heterocycles. The molecule has 3 nitrogen and oxygen atoms in total. The first kappa shape index (κ1) is 10.5. The van der Waals surface area contributed by atoms with E-state index >= 15 is 0 Å². The zero-order chi connectivity index (χ0) is 11.7. The van der Waals surface area contributed by atoms with Gasteiger partial charge in [-0.05, 0) is 37.1 Å². The number of aromatic nitrogens is 2. The SMILES string of the molecule is Clc1cncnc1-c1ccc(OC2CC2)cc1. The molecule has 1 heterocycles. The molecule has 0 unspecified atom stereocenters. The largest absolute Gasteiger partial charge is 0.490 e. The van der Waals surface area contributed by atoms with Gasteiger partial charge in [0.15, 0.2) is 0 Å². The minimum Gasteiger partial charge on any atom is -0.490 e. The Labute approximate surface area is 104 Å². The molecule has 2 aromatic rings. The quantitative estimate of drug-likeness (QED) is 0.833. The fourth-order valence-corrected chi connectivity index (χ4v) is 1.81. The summed E-state index contributed by atoms with van der Waals surface area (Å²) in [5, 5.41) is 0.559. The smallest absolute Gasteiger partial charge is 0.119 e. The first-order chi connectivity index (χ1) is 8.33.